The number of rotatable bonds is 6. The molecule has 0 saturated heterocycles. The maximum absolute atomic E-state index is 5.80. The number of thiazole rings is 1. The molecule has 1 heterocycles. The molecule has 2 N–H and O–H groups in total. The Hall–Kier alpha value is -1.66. The number of thiocarbonyl (C=S) groups is 1. The monoisotopic (exact) mass is 321 g/mol. The highest BCUT2D eigenvalue weighted by Crippen LogP contribution is 2.19. The molecule has 6 heteroatoms. The first-order valence-electron chi connectivity index (χ1n) is 6.84. The van der Waals surface area contributed by atoms with Gasteiger partial charge in [0, 0.05) is 18.1 Å². The van der Waals surface area contributed by atoms with Crippen LogP contribution in [0.3, 0.4) is 0 Å². The number of nitrogens with one attached hydrogen (secondary N) is 2. The summed E-state index contributed by atoms with van der Waals surface area (Å²) in [4.78, 5) is 4.13. The lowest BCUT2D eigenvalue weighted by atomic mass is 10.1. The van der Waals surface area contributed by atoms with Crippen LogP contribution in [0.4, 0.5) is 5.13 Å². The van der Waals surface area contributed by atoms with Crippen molar-refractivity contribution >= 4 is 33.8 Å². The zero-order valence-corrected chi connectivity index (χ0v) is 13.8. The lowest BCUT2D eigenvalue weighted by molar-refractivity contribution is 0.240. The van der Waals surface area contributed by atoms with Crippen molar-refractivity contribution in [2.24, 2.45) is 0 Å². The van der Waals surface area contributed by atoms with E-state index in [1.54, 1.807) is 6.20 Å². The van der Waals surface area contributed by atoms with Crippen LogP contribution in [0.1, 0.15) is 19.4 Å². The van der Waals surface area contributed by atoms with Crippen molar-refractivity contribution in [3.8, 4) is 5.75 Å². The highest BCUT2D eigenvalue weighted by Gasteiger charge is 2.05. The molecule has 21 heavy (non-hydrogen) atoms. The molecule has 1 aromatic carbocycles. The van der Waals surface area contributed by atoms with Gasteiger partial charge in [0.05, 0.1) is 6.10 Å². The first kappa shape index (κ1) is 15.7. The topological polar surface area (TPSA) is 46.2 Å². The van der Waals surface area contributed by atoms with E-state index in [-0.39, 0.29) is 6.10 Å². The predicted molar refractivity (Wildman–Crippen MR) is 92.2 cm³/mol. The first-order valence-corrected chi connectivity index (χ1v) is 8.13. The smallest absolute Gasteiger partial charge is 0.188 e. The van der Waals surface area contributed by atoms with Crippen LogP contribution in [-0.4, -0.2) is 22.7 Å². The van der Waals surface area contributed by atoms with Gasteiger partial charge < -0.3 is 15.4 Å². The van der Waals surface area contributed by atoms with Crippen molar-refractivity contribution in [1.29, 1.82) is 0 Å². The van der Waals surface area contributed by atoms with Gasteiger partial charge in [-0.1, -0.05) is 18.2 Å². The molecule has 0 saturated carbocycles. The summed E-state index contributed by atoms with van der Waals surface area (Å²) in [6, 6.07) is 8.09. The van der Waals surface area contributed by atoms with Crippen LogP contribution in [0.2, 0.25) is 0 Å². The van der Waals surface area contributed by atoms with Gasteiger partial charge in [0.2, 0.25) is 0 Å². The lowest BCUT2D eigenvalue weighted by Crippen LogP contribution is -2.30. The number of hydrogen-bond acceptors (Lipinski definition) is 4. The summed E-state index contributed by atoms with van der Waals surface area (Å²) < 4.78 is 5.80. The molecule has 112 valence electrons. The Morgan fingerprint density at radius 1 is 1.38 bits per heavy atom. The molecule has 2 rings (SSSR count). The van der Waals surface area contributed by atoms with Crippen molar-refractivity contribution in [3.05, 3.63) is 41.4 Å². The third-order valence-electron chi connectivity index (χ3n) is 2.67. The van der Waals surface area contributed by atoms with Gasteiger partial charge >= 0.3 is 0 Å². The Balaban J connectivity index is 1.81. The standard InChI is InChI=1S/C15H19N3OS2/c1-11(2)19-13-6-4-3-5-12(13)7-8-16-14(20)18-15-17-9-10-21-15/h3-6,9-11H,7-8H2,1-2H3,(H2,16,17,18,20). The Bertz CT molecular complexity index is 570. The second-order valence-corrected chi connectivity index (χ2v) is 6.05. The van der Waals surface area contributed by atoms with Crippen LogP contribution < -0.4 is 15.4 Å². The van der Waals surface area contributed by atoms with Crippen molar-refractivity contribution < 1.29 is 4.74 Å². The molecule has 0 spiro atoms. The van der Waals surface area contributed by atoms with Crippen molar-refractivity contribution in [2.75, 3.05) is 11.9 Å². The first-order chi connectivity index (χ1) is 10.1. The number of anilines is 1. The van der Waals surface area contributed by atoms with E-state index in [0.717, 1.165) is 23.8 Å². The third-order valence-corrected chi connectivity index (χ3v) is 3.60. The summed E-state index contributed by atoms with van der Waals surface area (Å²) in [7, 11) is 0. The minimum atomic E-state index is 0.173. The quantitative estimate of drug-likeness (QED) is 0.798. The number of ether oxygens (including phenoxy) is 1. The second-order valence-electron chi connectivity index (χ2n) is 4.74. The summed E-state index contributed by atoms with van der Waals surface area (Å²) >= 11 is 6.75. The van der Waals surface area contributed by atoms with E-state index in [1.165, 1.54) is 16.9 Å². The normalized spacial score (nSPS) is 10.4. The van der Waals surface area contributed by atoms with Gasteiger partial charge in [-0.15, -0.1) is 11.3 Å². The molecular formula is C15H19N3OS2. The van der Waals surface area contributed by atoms with E-state index in [1.807, 2.05) is 37.4 Å². The average molecular weight is 321 g/mol. The Morgan fingerprint density at radius 3 is 2.90 bits per heavy atom. The summed E-state index contributed by atoms with van der Waals surface area (Å²) in [6.07, 6.45) is 2.77. The van der Waals surface area contributed by atoms with Crippen molar-refractivity contribution in [2.45, 2.75) is 26.4 Å². The van der Waals surface area contributed by atoms with Gasteiger partial charge in [0.1, 0.15) is 5.75 Å². The number of hydrogen-bond donors (Lipinski definition) is 2. The fraction of sp³-hybridized carbons (Fsp3) is 0.333. The minimum absolute atomic E-state index is 0.173. The molecule has 0 bridgehead atoms. The molecule has 0 radical (unpaired) electrons. The largest absolute Gasteiger partial charge is 0.491 e. The van der Waals surface area contributed by atoms with Crippen LogP contribution in [0.15, 0.2) is 35.8 Å². The highest BCUT2D eigenvalue weighted by molar-refractivity contribution is 7.80. The molecule has 0 unspecified atom stereocenters. The van der Waals surface area contributed by atoms with Gasteiger partial charge in [-0.05, 0) is 44.1 Å². The Labute approximate surface area is 134 Å². The SMILES string of the molecule is CC(C)Oc1ccccc1CCNC(=S)Nc1nccs1. The van der Waals surface area contributed by atoms with E-state index in [9.17, 15) is 0 Å². The van der Waals surface area contributed by atoms with Crippen LogP contribution in [0.25, 0.3) is 0 Å². The summed E-state index contributed by atoms with van der Waals surface area (Å²) in [5, 5.41) is 9.53. The zero-order chi connectivity index (χ0) is 15.1. The molecule has 1 aromatic heterocycles. The van der Waals surface area contributed by atoms with Crippen molar-refractivity contribution in [1.82, 2.24) is 10.3 Å². The number of para-hydroxylation sites is 1. The van der Waals surface area contributed by atoms with E-state index in [0.29, 0.717) is 5.11 Å². The zero-order valence-electron chi connectivity index (χ0n) is 12.1. The Morgan fingerprint density at radius 2 is 2.19 bits per heavy atom. The van der Waals surface area contributed by atoms with E-state index < -0.39 is 0 Å². The summed E-state index contributed by atoms with van der Waals surface area (Å²) in [6.45, 7) is 4.81. The van der Waals surface area contributed by atoms with Crippen LogP contribution in [0, 0.1) is 0 Å². The molecule has 0 aliphatic rings. The molecule has 0 atom stereocenters. The predicted octanol–water partition coefficient (Wildman–Crippen LogP) is 3.46. The number of aromatic nitrogens is 1. The van der Waals surface area contributed by atoms with E-state index >= 15 is 0 Å². The molecular weight excluding hydrogens is 302 g/mol. The molecule has 4 nitrogen and oxygen atoms in total. The number of nitrogens with zero attached hydrogens (tertiary/aromatic N) is 1. The van der Waals surface area contributed by atoms with Crippen LogP contribution >= 0.6 is 23.6 Å². The van der Waals surface area contributed by atoms with Gasteiger partial charge in [0.15, 0.2) is 10.2 Å². The second kappa shape index (κ2) is 7.95. The molecule has 0 aliphatic heterocycles. The van der Waals surface area contributed by atoms with Gasteiger partial charge in [-0.2, -0.15) is 0 Å². The lowest BCUT2D eigenvalue weighted by Gasteiger charge is -2.14. The molecule has 0 aliphatic carbocycles. The summed E-state index contributed by atoms with van der Waals surface area (Å²) in [5.74, 6) is 0.938. The average Bonchev–Trinajstić information content (AvgIpc) is 2.93. The van der Waals surface area contributed by atoms with Gasteiger partial charge in [-0.25, -0.2) is 4.98 Å². The fourth-order valence-corrected chi connectivity index (χ4v) is 2.61. The van der Waals surface area contributed by atoms with E-state index in [4.69, 9.17) is 17.0 Å². The molecule has 0 fully saturated rings. The third kappa shape index (κ3) is 5.32. The maximum atomic E-state index is 5.80. The van der Waals surface area contributed by atoms with E-state index in [2.05, 4.69) is 21.7 Å². The fourth-order valence-electron chi connectivity index (χ4n) is 1.82. The Kier molecular flexibility index (Phi) is 5.95. The van der Waals surface area contributed by atoms with Crippen molar-refractivity contribution in [3.63, 3.8) is 0 Å². The molecule has 2 aromatic rings. The van der Waals surface area contributed by atoms with Crippen LogP contribution in [0.5, 0.6) is 5.75 Å². The maximum Gasteiger partial charge on any atom is 0.188 e. The number of benzene rings is 1. The summed E-state index contributed by atoms with van der Waals surface area (Å²) in [5.41, 5.74) is 1.18. The highest BCUT2D eigenvalue weighted by atomic mass is 32.1. The minimum Gasteiger partial charge on any atom is -0.491 e. The van der Waals surface area contributed by atoms with Gasteiger partial charge in [-0.3, -0.25) is 0 Å². The molecule has 0 amide bonds. The van der Waals surface area contributed by atoms with Crippen LogP contribution in [-0.2, 0) is 6.42 Å². The van der Waals surface area contributed by atoms with Gasteiger partial charge in [0.25, 0.3) is 0 Å².